The molecule has 0 saturated heterocycles. The molecular formula is C21H25N3O2. The Morgan fingerprint density at radius 3 is 2.50 bits per heavy atom. The summed E-state index contributed by atoms with van der Waals surface area (Å²) in [4.78, 5) is 20.1. The Bertz CT molecular complexity index is 927. The number of aryl methyl sites for hydroxylation is 4. The number of rotatable bonds is 7. The number of imidazole rings is 1. The fourth-order valence-electron chi connectivity index (χ4n) is 3.33. The summed E-state index contributed by atoms with van der Waals surface area (Å²) >= 11 is 0. The Labute approximate surface area is 153 Å². The van der Waals surface area contributed by atoms with Crippen molar-refractivity contribution in [3.63, 3.8) is 0 Å². The Morgan fingerprint density at radius 2 is 1.85 bits per heavy atom. The number of pyridine rings is 1. The van der Waals surface area contributed by atoms with Crippen molar-refractivity contribution in [2.75, 3.05) is 0 Å². The van der Waals surface area contributed by atoms with Crippen LogP contribution in [-0.2, 0) is 17.6 Å². The maximum Gasteiger partial charge on any atom is 0.303 e. The van der Waals surface area contributed by atoms with Crippen LogP contribution in [0.25, 0.3) is 16.9 Å². The average molecular weight is 351 g/mol. The highest BCUT2D eigenvalue weighted by molar-refractivity contribution is 5.78. The minimum atomic E-state index is -0.725. The molecule has 0 amide bonds. The molecule has 5 nitrogen and oxygen atoms in total. The quantitative estimate of drug-likeness (QED) is 0.641. The summed E-state index contributed by atoms with van der Waals surface area (Å²) in [5.74, 6) is 0.285. The predicted octanol–water partition coefficient (Wildman–Crippen LogP) is 4.40. The maximum absolute atomic E-state index is 10.6. The minimum Gasteiger partial charge on any atom is -0.481 e. The van der Waals surface area contributed by atoms with Gasteiger partial charge in [-0.2, -0.15) is 0 Å². The van der Waals surface area contributed by atoms with Crippen LogP contribution in [0.4, 0.5) is 0 Å². The van der Waals surface area contributed by atoms with E-state index in [9.17, 15) is 4.79 Å². The zero-order valence-corrected chi connectivity index (χ0v) is 15.6. The van der Waals surface area contributed by atoms with Gasteiger partial charge in [-0.25, -0.2) is 9.97 Å². The van der Waals surface area contributed by atoms with Gasteiger partial charge in [-0.3, -0.25) is 9.36 Å². The molecule has 0 unspecified atom stereocenters. The van der Waals surface area contributed by atoms with E-state index in [1.807, 2.05) is 6.92 Å². The number of unbranched alkanes of at least 4 members (excludes halogenated alkanes) is 1. The lowest BCUT2D eigenvalue weighted by Crippen LogP contribution is -2.02. The van der Waals surface area contributed by atoms with E-state index >= 15 is 0 Å². The SMILES string of the molecule is CCc1nc2c(C)cc(C)nc2n1-c1ccc(CCCCC(=O)O)cc1. The fourth-order valence-corrected chi connectivity index (χ4v) is 3.33. The number of carboxylic acids is 1. The van der Waals surface area contributed by atoms with E-state index in [2.05, 4.69) is 48.7 Å². The molecular weight excluding hydrogens is 326 g/mol. The van der Waals surface area contributed by atoms with Crippen LogP contribution in [0.15, 0.2) is 30.3 Å². The molecule has 0 atom stereocenters. The summed E-state index contributed by atoms with van der Waals surface area (Å²) in [6, 6.07) is 10.5. The number of hydrogen-bond acceptors (Lipinski definition) is 3. The smallest absolute Gasteiger partial charge is 0.303 e. The molecule has 0 aliphatic rings. The highest BCUT2D eigenvalue weighted by atomic mass is 16.4. The Morgan fingerprint density at radius 1 is 1.12 bits per heavy atom. The van der Waals surface area contributed by atoms with Crippen LogP contribution in [-0.4, -0.2) is 25.6 Å². The van der Waals surface area contributed by atoms with Gasteiger partial charge >= 0.3 is 5.97 Å². The standard InChI is InChI=1S/C21H25N3O2/c1-4-18-23-20-14(2)13-15(3)22-21(20)24(18)17-11-9-16(10-12-17)7-5-6-8-19(25)26/h9-13H,4-8H2,1-3H3,(H,25,26). The molecule has 5 heteroatoms. The largest absolute Gasteiger partial charge is 0.481 e. The van der Waals surface area contributed by atoms with Gasteiger partial charge in [-0.15, -0.1) is 0 Å². The summed E-state index contributed by atoms with van der Waals surface area (Å²) < 4.78 is 2.14. The molecule has 0 spiro atoms. The molecule has 1 aromatic carbocycles. The highest BCUT2D eigenvalue weighted by Gasteiger charge is 2.14. The van der Waals surface area contributed by atoms with Crippen molar-refractivity contribution in [3.8, 4) is 5.69 Å². The Hall–Kier alpha value is -2.69. The number of fused-ring (bicyclic) bond motifs is 1. The number of carboxylic acid groups (broad SMARTS) is 1. The number of benzene rings is 1. The third kappa shape index (κ3) is 3.77. The van der Waals surface area contributed by atoms with Crippen LogP contribution in [0.3, 0.4) is 0 Å². The molecule has 3 aromatic rings. The summed E-state index contributed by atoms with van der Waals surface area (Å²) in [5, 5.41) is 8.71. The number of aliphatic carboxylic acids is 1. The first kappa shape index (κ1) is 18.1. The second-order valence-corrected chi connectivity index (χ2v) is 6.74. The lowest BCUT2D eigenvalue weighted by Gasteiger charge is -2.09. The van der Waals surface area contributed by atoms with Gasteiger partial charge in [0.25, 0.3) is 0 Å². The zero-order valence-electron chi connectivity index (χ0n) is 15.6. The van der Waals surface area contributed by atoms with Gasteiger partial charge in [0.15, 0.2) is 5.65 Å². The van der Waals surface area contributed by atoms with E-state index in [1.165, 1.54) is 5.56 Å². The van der Waals surface area contributed by atoms with Crippen molar-refractivity contribution < 1.29 is 9.90 Å². The molecule has 0 bridgehead atoms. The second kappa shape index (κ2) is 7.68. The first-order chi connectivity index (χ1) is 12.5. The van der Waals surface area contributed by atoms with Gasteiger partial charge in [-0.1, -0.05) is 19.1 Å². The summed E-state index contributed by atoms with van der Waals surface area (Å²) in [5.41, 5.74) is 6.31. The van der Waals surface area contributed by atoms with E-state index < -0.39 is 5.97 Å². The highest BCUT2D eigenvalue weighted by Crippen LogP contribution is 2.24. The molecule has 3 rings (SSSR count). The average Bonchev–Trinajstić information content (AvgIpc) is 2.98. The van der Waals surface area contributed by atoms with Crippen molar-refractivity contribution in [1.82, 2.24) is 14.5 Å². The van der Waals surface area contributed by atoms with E-state index in [-0.39, 0.29) is 6.42 Å². The monoisotopic (exact) mass is 351 g/mol. The minimum absolute atomic E-state index is 0.239. The van der Waals surface area contributed by atoms with Crippen LogP contribution in [0.1, 0.15) is 48.8 Å². The van der Waals surface area contributed by atoms with Gasteiger partial charge in [0.05, 0.1) is 0 Å². The number of carbonyl (C=O) groups is 1. The molecule has 26 heavy (non-hydrogen) atoms. The van der Waals surface area contributed by atoms with Gasteiger partial charge in [0.2, 0.25) is 0 Å². The van der Waals surface area contributed by atoms with Crippen LogP contribution >= 0.6 is 0 Å². The van der Waals surface area contributed by atoms with E-state index in [4.69, 9.17) is 15.1 Å². The molecule has 136 valence electrons. The van der Waals surface area contributed by atoms with Gasteiger partial charge in [0, 0.05) is 24.2 Å². The molecule has 0 aliphatic heterocycles. The summed E-state index contributed by atoms with van der Waals surface area (Å²) in [6.45, 7) is 6.19. The first-order valence-corrected chi connectivity index (χ1v) is 9.16. The lowest BCUT2D eigenvalue weighted by atomic mass is 10.1. The zero-order chi connectivity index (χ0) is 18.7. The fraction of sp³-hybridized carbons (Fsp3) is 0.381. The molecule has 0 radical (unpaired) electrons. The van der Waals surface area contributed by atoms with E-state index in [0.717, 1.165) is 53.2 Å². The van der Waals surface area contributed by atoms with Crippen molar-refractivity contribution in [2.45, 2.75) is 52.9 Å². The maximum atomic E-state index is 10.6. The van der Waals surface area contributed by atoms with Crippen molar-refractivity contribution in [3.05, 3.63) is 53.0 Å². The van der Waals surface area contributed by atoms with Crippen molar-refractivity contribution in [1.29, 1.82) is 0 Å². The molecule has 1 N–H and O–H groups in total. The van der Waals surface area contributed by atoms with E-state index in [0.29, 0.717) is 6.42 Å². The Balaban J connectivity index is 1.88. The predicted molar refractivity (Wildman–Crippen MR) is 103 cm³/mol. The van der Waals surface area contributed by atoms with Crippen LogP contribution in [0.5, 0.6) is 0 Å². The van der Waals surface area contributed by atoms with Crippen molar-refractivity contribution >= 4 is 17.1 Å². The first-order valence-electron chi connectivity index (χ1n) is 9.16. The molecule has 2 heterocycles. The van der Waals surface area contributed by atoms with Crippen LogP contribution in [0, 0.1) is 13.8 Å². The van der Waals surface area contributed by atoms with Gasteiger partial charge in [-0.05, 0) is 62.4 Å². The molecule has 0 saturated carbocycles. The number of nitrogens with zero attached hydrogens (tertiary/aromatic N) is 3. The Kier molecular flexibility index (Phi) is 5.35. The lowest BCUT2D eigenvalue weighted by molar-refractivity contribution is -0.137. The third-order valence-electron chi connectivity index (χ3n) is 4.62. The van der Waals surface area contributed by atoms with Gasteiger partial charge in [0.1, 0.15) is 11.3 Å². The van der Waals surface area contributed by atoms with Crippen LogP contribution in [0.2, 0.25) is 0 Å². The molecule has 2 aromatic heterocycles. The molecule has 0 aliphatic carbocycles. The second-order valence-electron chi connectivity index (χ2n) is 6.74. The summed E-state index contributed by atoms with van der Waals surface area (Å²) in [6.07, 6.45) is 3.58. The molecule has 0 fully saturated rings. The summed E-state index contributed by atoms with van der Waals surface area (Å²) in [7, 11) is 0. The topological polar surface area (TPSA) is 68.0 Å². The van der Waals surface area contributed by atoms with Gasteiger partial charge < -0.3 is 5.11 Å². The van der Waals surface area contributed by atoms with Crippen LogP contribution < -0.4 is 0 Å². The number of aromatic nitrogens is 3. The third-order valence-corrected chi connectivity index (χ3v) is 4.62. The van der Waals surface area contributed by atoms with E-state index in [1.54, 1.807) is 0 Å². The van der Waals surface area contributed by atoms with Crippen molar-refractivity contribution in [2.24, 2.45) is 0 Å². The number of hydrogen-bond donors (Lipinski definition) is 1. The normalized spacial score (nSPS) is 11.2.